The number of hydrogen-bond acceptors (Lipinski definition) is 2. The van der Waals surface area contributed by atoms with E-state index in [9.17, 15) is 9.90 Å². The van der Waals surface area contributed by atoms with Crippen LogP contribution in [0.1, 0.15) is 63.0 Å². The monoisotopic (exact) mass is 268 g/mol. The second kappa shape index (κ2) is 4.58. The normalized spacial score (nSPS) is 12.6. The minimum Gasteiger partial charge on any atom is -0.508 e. The van der Waals surface area contributed by atoms with E-state index in [0.29, 0.717) is 5.56 Å². The Labute approximate surface area is 114 Å². The largest absolute Gasteiger partial charge is 0.508 e. The lowest BCUT2D eigenvalue weighted by atomic mass is 9.73. The van der Waals surface area contributed by atoms with Crippen molar-refractivity contribution >= 4 is 16.8 Å². The van der Waals surface area contributed by atoms with Gasteiger partial charge < -0.3 is 5.11 Å². The van der Waals surface area contributed by atoms with E-state index in [2.05, 4.69) is 0 Å². The summed E-state index contributed by atoms with van der Waals surface area (Å²) in [6.07, 6.45) is 0. The second-order valence-electron chi connectivity index (χ2n) is 6.66. The molecule has 1 N–H and O–H groups in total. The maximum absolute atomic E-state index is 11.6. The quantitative estimate of drug-likeness (QED) is 0.768. The maximum Gasteiger partial charge on any atom is 0.252 e. The SMILES string of the molecule is CC(C)(C)c1c(O)ccc(C(=O)Cl)c1C(C)(C)C. The van der Waals surface area contributed by atoms with Crippen LogP contribution >= 0.6 is 11.6 Å². The Morgan fingerprint density at radius 1 is 1.00 bits per heavy atom. The molecule has 0 atom stereocenters. The van der Waals surface area contributed by atoms with Gasteiger partial charge in [0, 0.05) is 11.1 Å². The molecular formula is C15H21ClO2. The van der Waals surface area contributed by atoms with Crippen LogP contribution in [0.3, 0.4) is 0 Å². The minimum atomic E-state index is -0.481. The Balaban J connectivity index is 3.79. The number of hydrogen-bond donors (Lipinski definition) is 1. The fourth-order valence-corrected chi connectivity index (χ4v) is 2.45. The zero-order valence-corrected chi connectivity index (χ0v) is 12.6. The van der Waals surface area contributed by atoms with Crippen molar-refractivity contribution in [1.29, 1.82) is 0 Å². The van der Waals surface area contributed by atoms with Crippen LogP contribution < -0.4 is 0 Å². The van der Waals surface area contributed by atoms with Gasteiger partial charge in [-0.25, -0.2) is 0 Å². The summed E-state index contributed by atoms with van der Waals surface area (Å²) in [5.74, 6) is 0.217. The lowest BCUT2D eigenvalue weighted by Gasteiger charge is -2.32. The molecule has 0 aliphatic rings. The van der Waals surface area contributed by atoms with Crippen molar-refractivity contribution in [3.05, 3.63) is 28.8 Å². The highest BCUT2D eigenvalue weighted by molar-refractivity contribution is 6.68. The standard InChI is InChI=1S/C15H21ClO2/c1-14(2,3)11-9(13(16)18)7-8-10(17)12(11)15(4,5)6/h7-8,17H,1-6H3. The Kier molecular flexibility index (Phi) is 3.83. The molecule has 0 fully saturated rings. The molecule has 0 saturated carbocycles. The van der Waals surface area contributed by atoms with E-state index in [1.54, 1.807) is 12.1 Å². The van der Waals surface area contributed by atoms with Gasteiger partial charge in [-0.1, -0.05) is 41.5 Å². The molecule has 0 unspecified atom stereocenters. The summed E-state index contributed by atoms with van der Waals surface area (Å²) >= 11 is 5.67. The molecule has 1 aromatic carbocycles. The van der Waals surface area contributed by atoms with E-state index in [-0.39, 0.29) is 16.6 Å². The number of carbonyl (C=O) groups excluding carboxylic acids is 1. The van der Waals surface area contributed by atoms with Crippen molar-refractivity contribution in [3.8, 4) is 5.75 Å². The molecule has 0 heterocycles. The smallest absolute Gasteiger partial charge is 0.252 e. The number of benzene rings is 1. The second-order valence-corrected chi connectivity index (χ2v) is 7.00. The summed E-state index contributed by atoms with van der Waals surface area (Å²) in [6.45, 7) is 12.1. The fraction of sp³-hybridized carbons (Fsp3) is 0.533. The Hall–Kier alpha value is -1.02. The highest BCUT2D eigenvalue weighted by Gasteiger charge is 2.31. The van der Waals surface area contributed by atoms with E-state index in [4.69, 9.17) is 11.6 Å². The van der Waals surface area contributed by atoms with Crippen LogP contribution in [0.15, 0.2) is 12.1 Å². The summed E-state index contributed by atoms with van der Waals surface area (Å²) in [5.41, 5.74) is 1.58. The van der Waals surface area contributed by atoms with Gasteiger partial charge in [-0.3, -0.25) is 4.79 Å². The first-order chi connectivity index (χ1) is 7.96. The van der Waals surface area contributed by atoms with Crippen LogP contribution in [-0.2, 0) is 10.8 Å². The average Bonchev–Trinajstić information content (AvgIpc) is 2.13. The molecule has 18 heavy (non-hydrogen) atoms. The molecule has 0 radical (unpaired) electrons. The van der Waals surface area contributed by atoms with Gasteiger partial charge in [0.05, 0.1) is 0 Å². The molecule has 0 aromatic heterocycles. The zero-order valence-electron chi connectivity index (χ0n) is 11.9. The third kappa shape index (κ3) is 2.86. The predicted octanol–water partition coefficient (Wildman–Crippen LogP) is 4.37. The number of rotatable bonds is 1. The zero-order chi connectivity index (χ0) is 14.3. The van der Waals surface area contributed by atoms with Crippen LogP contribution in [0, 0.1) is 0 Å². The molecule has 0 spiro atoms. The minimum absolute atomic E-state index is 0.217. The number of carbonyl (C=O) groups is 1. The molecule has 1 rings (SSSR count). The molecule has 0 aliphatic heterocycles. The molecule has 0 saturated heterocycles. The van der Waals surface area contributed by atoms with Gasteiger partial charge in [-0.15, -0.1) is 0 Å². The van der Waals surface area contributed by atoms with Crippen molar-refractivity contribution in [2.45, 2.75) is 52.4 Å². The van der Waals surface area contributed by atoms with Gasteiger partial charge >= 0.3 is 0 Å². The van der Waals surface area contributed by atoms with E-state index in [0.717, 1.165) is 11.1 Å². The van der Waals surface area contributed by atoms with Crippen molar-refractivity contribution in [2.75, 3.05) is 0 Å². The number of halogens is 1. The molecule has 1 aromatic rings. The van der Waals surface area contributed by atoms with Crippen LogP contribution in [0.25, 0.3) is 0 Å². The van der Waals surface area contributed by atoms with Crippen LogP contribution in [0.2, 0.25) is 0 Å². The summed E-state index contributed by atoms with van der Waals surface area (Å²) in [5, 5.41) is 9.66. The first kappa shape index (κ1) is 15.0. The molecule has 0 bridgehead atoms. The third-order valence-electron chi connectivity index (χ3n) is 2.90. The molecular weight excluding hydrogens is 248 g/mol. The topological polar surface area (TPSA) is 37.3 Å². The first-order valence-electron chi connectivity index (χ1n) is 6.03. The molecule has 100 valence electrons. The summed E-state index contributed by atoms with van der Waals surface area (Å²) < 4.78 is 0. The van der Waals surface area contributed by atoms with Crippen molar-refractivity contribution < 1.29 is 9.90 Å². The summed E-state index contributed by atoms with van der Waals surface area (Å²) in [7, 11) is 0. The predicted molar refractivity (Wildman–Crippen MR) is 75.7 cm³/mol. The molecule has 2 nitrogen and oxygen atoms in total. The van der Waals surface area contributed by atoms with Crippen molar-refractivity contribution in [3.63, 3.8) is 0 Å². The molecule has 3 heteroatoms. The first-order valence-corrected chi connectivity index (χ1v) is 6.41. The lowest BCUT2D eigenvalue weighted by Crippen LogP contribution is -2.24. The number of phenols is 1. The third-order valence-corrected chi connectivity index (χ3v) is 3.10. The average molecular weight is 269 g/mol. The highest BCUT2D eigenvalue weighted by Crippen LogP contribution is 2.41. The Morgan fingerprint density at radius 3 is 1.78 bits per heavy atom. The van der Waals surface area contributed by atoms with Gasteiger partial charge in [-0.2, -0.15) is 0 Å². The fourth-order valence-electron chi connectivity index (χ4n) is 2.29. The lowest BCUT2D eigenvalue weighted by molar-refractivity contribution is 0.107. The summed E-state index contributed by atoms with van der Waals surface area (Å²) in [4.78, 5) is 11.6. The molecule has 0 aliphatic carbocycles. The molecule has 0 amide bonds. The van der Waals surface area contributed by atoms with Gasteiger partial charge in [0.25, 0.3) is 5.24 Å². The van der Waals surface area contributed by atoms with E-state index >= 15 is 0 Å². The van der Waals surface area contributed by atoms with E-state index in [1.165, 1.54) is 0 Å². The van der Waals surface area contributed by atoms with Crippen LogP contribution in [-0.4, -0.2) is 10.3 Å². The summed E-state index contributed by atoms with van der Waals surface area (Å²) in [6, 6.07) is 3.14. The van der Waals surface area contributed by atoms with E-state index in [1.807, 2.05) is 41.5 Å². The highest BCUT2D eigenvalue weighted by atomic mass is 35.5. The van der Waals surface area contributed by atoms with Crippen molar-refractivity contribution in [1.82, 2.24) is 0 Å². The van der Waals surface area contributed by atoms with Gasteiger partial charge in [0.1, 0.15) is 5.75 Å². The Morgan fingerprint density at radius 2 is 1.44 bits per heavy atom. The maximum atomic E-state index is 11.6. The van der Waals surface area contributed by atoms with Crippen LogP contribution in [0.5, 0.6) is 5.75 Å². The number of phenolic OH excluding ortho intramolecular Hbond substituents is 1. The van der Waals surface area contributed by atoms with Crippen molar-refractivity contribution in [2.24, 2.45) is 0 Å². The van der Waals surface area contributed by atoms with E-state index < -0.39 is 5.24 Å². The van der Waals surface area contributed by atoms with Gasteiger partial charge in [0.15, 0.2) is 0 Å². The Bertz CT molecular complexity index is 476. The van der Waals surface area contributed by atoms with Gasteiger partial charge in [-0.05, 0) is 40.1 Å². The number of aromatic hydroxyl groups is 1. The van der Waals surface area contributed by atoms with Gasteiger partial charge in [0.2, 0.25) is 0 Å². The van der Waals surface area contributed by atoms with Crippen LogP contribution in [0.4, 0.5) is 0 Å².